The second-order valence-electron chi connectivity index (χ2n) is 6.13. The summed E-state index contributed by atoms with van der Waals surface area (Å²) in [6.45, 7) is 7.97. The first-order valence-corrected chi connectivity index (χ1v) is 8.76. The molecule has 0 aliphatic carbocycles. The molecular weight excluding hydrogens is 330 g/mol. The van der Waals surface area contributed by atoms with Crippen LogP contribution in [-0.2, 0) is 9.53 Å². The van der Waals surface area contributed by atoms with Gasteiger partial charge in [0, 0.05) is 5.69 Å². The lowest BCUT2D eigenvalue weighted by Crippen LogP contribution is -2.32. The maximum atomic E-state index is 12.5. The highest BCUT2D eigenvalue weighted by Gasteiger charge is 2.19. The van der Waals surface area contributed by atoms with Crippen LogP contribution in [0.1, 0.15) is 41.8 Å². The van der Waals surface area contributed by atoms with Gasteiger partial charge in [0.15, 0.2) is 6.10 Å². The van der Waals surface area contributed by atoms with Crippen molar-refractivity contribution in [3.63, 3.8) is 0 Å². The Morgan fingerprint density at radius 1 is 1.00 bits per heavy atom. The predicted molar refractivity (Wildman–Crippen MR) is 102 cm³/mol. The quantitative estimate of drug-likeness (QED) is 0.753. The van der Waals surface area contributed by atoms with Gasteiger partial charge in [-0.15, -0.1) is 0 Å². The molecule has 0 spiro atoms. The SMILES string of the molecule is CCOC(=O)c1ccc(NC(=O)C(CC)Oc2cc(C)cc(C)c2)cc1. The summed E-state index contributed by atoms with van der Waals surface area (Å²) in [4.78, 5) is 24.2. The van der Waals surface area contributed by atoms with Crippen molar-refractivity contribution in [3.05, 3.63) is 59.2 Å². The van der Waals surface area contributed by atoms with E-state index in [9.17, 15) is 9.59 Å². The molecule has 5 nitrogen and oxygen atoms in total. The first-order valence-electron chi connectivity index (χ1n) is 8.76. The number of hydrogen-bond acceptors (Lipinski definition) is 4. The number of hydrogen-bond donors (Lipinski definition) is 1. The normalized spacial score (nSPS) is 11.5. The molecule has 0 saturated heterocycles. The van der Waals surface area contributed by atoms with Crippen LogP contribution in [0, 0.1) is 13.8 Å². The average Bonchev–Trinajstić information content (AvgIpc) is 2.59. The van der Waals surface area contributed by atoms with Crippen molar-refractivity contribution in [2.24, 2.45) is 0 Å². The lowest BCUT2D eigenvalue weighted by Gasteiger charge is -2.18. The van der Waals surface area contributed by atoms with Gasteiger partial charge in [0.25, 0.3) is 5.91 Å². The summed E-state index contributed by atoms with van der Waals surface area (Å²) in [5, 5.41) is 2.82. The molecule has 0 saturated carbocycles. The van der Waals surface area contributed by atoms with E-state index in [1.54, 1.807) is 31.2 Å². The molecule has 0 heterocycles. The third kappa shape index (κ3) is 5.34. The van der Waals surface area contributed by atoms with Crippen LogP contribution >= 0.6 is 0 Å². The zero-order valence-electron chi connectivity index (χ0n) is 15.7. The number of amides is 1. The molecule has 0 aliphatic rings. The Kier molecular flexibility index (Phi) is 6.78. The van der Waals surface area contributed by atoms with E-state index in [0.717, 1.165) is 11.1 Å². The minimum Gasteiger partial charge on any atom is -0.481 e. The molecule has 2 aromatic rings. The standard InChI is InChI=1S/C21H25NO4/c1-5-19(26-18-12-14(3)11-15(4)13-18)20(23)22-17-9-7-16(8-10-17)21(24)25-6-2/h7-13,19H,5-6H2,1-4H3,(H,22,23). The minimum absolute atomic E-state index is 0.226. The van der Waals surface area contributed by atoms with Crippen LogP contribution in [0.25, 0.3) is 0 Å². The largest absolute Gasteiger partial charge is 0.481 e. The zero-order chi connectivity index (χ0) is 19.1. The van der Waals surface area contributed by atoms with E-state index in [4.69, 9.17) is 9.47 Å². The van der Waals surface area contributed by atoms with Gasteiger partial charge in [-0.25, -0.2) is 4.79 Å². The summed E-state index contributed by atoms with van der Waals surface area (Å²) in [7, 11) is 0. The second-order valence-corrected chi connectivity index (χ2v) is 6.13. The van der Waals surface area contributed by atoms with E-state index in [0.29, 0.717) is 30.0 Å². The molecule has 26 heavy (non-hydrogen) atoms. The number of carbonyl (C=O) groups is 2. The van der Waals surface area contributed by atoms with E-state index in [2.05, 4.69) is 11.4 Å². The van der Waals surface area contributed by atoms with Crippen LogP contribution in [-0.4, -0.2) is 24.6 Å². The smallest absolute Gasteiger partial charge is 0.338 e. The summed E-state index contributed by atoms with van der Waals surface area (Å²) in [5.74, 6) is 0.0765. The third-order valence-electron chi connectivity index (χ3n) is 3.80. The molecule has 0 radical (unpaired) electrons. The minimum atomic E-state index is -0.596. The maximum absolute atomic E-state index is 12.5. The molecule has 2 aromatic carbocycles. The molecular formula is C21H25NO4. The van der Waals surface area contributed by atoms with Crippen molar-refractivity contribution in [1.29, 1.82) is 0 Å². The van der Waals surface area contributed by atoms with Crippen LogP contribution in [0.2, 0.25) is 0 Å². The lowest BCUT2D eigenvalue weighted by atomic mass is 10.1. The summed E-state index contributed by atoms with van der Waals surface area (Å²) in [6.07, 6.45) is -0.0550. The van der Waals surface area contributed by atoms with Gasteiger partial charge < -0.3 is 14.8 Å². The molecule has 1 atom stereocenters. The Labute approximate surface area is 154 Å². The van der Waals surface area contributed by atoms with Crippen LogP contribution in [0.5, 0.6) is 5.75 Å². The van der Waals surface area contributed by atoms with Gasteiger partial charge in [-0.3, -0.25) is 4.79 Å². The van der Waals surface area contributed by atoms with Crippen LogP contribution in [0.3, 0.4) is 0 Å². The van der Waals surface area contributed by atoms with Crippen molar-refractivity contribution in [3.8, 4) is 5.75 Å². The predicted octanol–water partition coefficient (Wildman–Crippen LogP) is 4.28. The van der Waals surface area contributed by atoms with Crippen LogP contribution in [0.4, 0.5) is 5.69 Å². The zero-order valence-corrected chi connectivity index (χ0v) is 15.7. The Morgan fingerprint density at radius 2 is 1.62 bits per heavy atom. The van der Waals surface area contributed by atoms with Gasteiger partial charge in [0.1, 0.15) is 5.75 Å². The Morgan fingerprint density at radius 3 is 2.15 bits per heavy atom. The van der Waals surface area contributed by atoms with Crippen molar-refractivity contribution in [2.75, 3.05) is 11.9 Å². The van der Waals surface area contributed by atoms with E-state index < -0.39 is 6.10 Å². The fourth-order valence-corrected chi connectivity index (χ4v) is 2.61. The number of aryl methyl sites for hydroxylation is 2. The summed E-state index contributed by atoms with van der Waals surface area (Å²) in [5.41, 5.74) is 3.23. The van der Waals surface area contributed by atoms with E-state index in [1.807, 2.05) is 32.9 Å². The molecule has 0 fully saturated rings. The summed E-state index contributed by atoms with van der Waals surface area (Å²) in [6, 6.07) is 12.5. The van der Waals surface area contributed by atoms with Crippen molar-refractivity contribution in [1.82, 2.24) is 0 Å². The molecule has 0 aromatic heterocycles. The molecule has 5 heteroatoms. The van der Waals surface area contributed by atoms with Crippen molar-refractivity contribution >= 4 is 17.6 Å². The van der Waals surface area contributed by atoms with Gasteiger partial charge in [0.2, 0.25) is 0 Å². The monoisotopic (exact) mass is 355 g/mol. The average molecular weight is 355 g/mol. The number of esters is 1. The summed E-state index contributed by atoms with van der Waals surface area (Å²) >= 11 is 0. The van der Waals surface area contributed by atoms with Gasteiger partial charge >= 0.3 is 5.97 Å². The molecule has 138 valence electrons. The molecule has 1 unspecified atom stereocenters. The fourth-order valence-electron chi connectivity index (χ4n) is 2.61. The first-order chi connectivity index (χ1) is 12.4. The number of ether oxygens (including phenoxy) is 2. The third-order valence-corrected chi connectivity index (χ3v) is 3.80. The van der Waals surface area contributed by atoms with E-state index in [1.165, 1.54) is 0 Å². The highest BCUT2D eigenvalue weighted by atomic mass is 16.5. The molecule has 2 rings (SSSR count). The van der Waals surface area contributed by atoms with Crippen molar-refractivity contribution < 1.29 is 19.1 Å². The molecule has 0 bridgehead atoms. The van der Waals surface area contributed by atoms with E-state index in [-0.39, 0.29) is 11.9 Å². The topological polar surface area (TPSA) is 64.6 Å². The van der Waals surface area contributed by atoms with E-state index >= 15 is 0 Å². The van der Waals surface area contributed by atoms with Crippen molar-refractivity contribution in [2.45, 2.75) is 40.2 Å². The number of nitrogens with one attached hydrogen (secondary N) is 1. The van der Waals surface area contributed by atoms with Gasteiger partial charge in [-0.2, -0.15) is 0 Å². The summed E-state index contributed by atoms with van der Waals surface area (Å²) < 4.78 is 10.8. The van der Waals surface area contributed by atoms with Gasteiger partial charge in [0.05, 0.1) is 12.2 Å². The maximum Gasteiger partial charge on any atom is 0.338 e. The van der Waals surface area contributed by atoms with Gasteiger partial charge in [-0.05, 0) is 74.7 Å². The van der Waals surface area contributed by atoms with Gasteiger partial charge in [-0.1, -0.05) is 13.0 Å². The van der Waals surface area contributed by atoms with Crippen LogP contribution in [0.15, 0.2) is 42.5 Å². The number of benzene rings is 2. The molecule has 0 aliphatic heterocycles. The lowest BCUT2D eigenvalue weighted by molar-refractivity contribution is -0.122. The fraction of sp³-hybridized carbons (Fsp3) is 0.333. The first kappa shape index (κ1) is 19.5. The Bertz CT molecular complexity index is 748. The molecule has 1 amide bonds. The Hall–Kier alpha value is -2.82. The second kappa shape index (κ2) is 9.04. The number of carbonyl (C=O) groups excluding carboxylic acids is 2. The number of rotatable bonds is 7. The number of anilines is 1. The highest BCUT2D eigenvalue weighted by Crippen LogP contribution is 2.19. The molecule has 1 N–H and O–H groups in total. The Balaban J connectivity index is 2.03. The van der Waals surface area contributed by atoms with Crippen LogP contribution < -0.4 is 10.1 Å². The highest BCUT2D eigenvalue weighted by molar-refractivity contribution is 5.95.